The minimum Gasteiger partial charge on any atom is -0.449 e. The SMILES string of the molecule is O=C(O)Oc1c[nH]cc1OC(=O)OCc1ccccc1. The molecule has 0 aliphatic carbocycles. The largest absolute Gasteiger partial charge is 0.514 e. The molecule has 0 amide bonds. The van der Waals surface area contributed by atoms with Crippen LogP contribution in [-0.4, -0.2) is 22.4 Å². The van der Waals surface area contributed by atoms with Crippen molar-refractivity contribution in [1.29, 1.82) is 0 Å². The molecule has 0 saturated carbocycles. The third-order valence-electron chi connectivity index (χ3n) is 2.26. The minimum atomic E-state index is -1.51. The molecule has 0 bridgehead atoms. The number of carboxylic acid groups (broad SMARTS) is 1. The van der Waals surface area contributed by atoms with Crippen LogP contribution in [-0.2, 0) is 11.3 Å². The van der Waals surface area contributed by atoms with E-state index in [0.29, 0.717) is 0 Å². The molecule has 20 heavy (non-hydrogen) atoms. The molecule has 0 aliphatic heterocycles. The fraction of sp³-hybridized carbons (Fsp3) is 0.0769. The van der Waals surface area contributed by atoms with E-state index in [0.717, 1.165) is 5.56 Å². The van der Waals surface area contributed by atoms with Crippen molar-refractivity contribution in [2.24, 2.45) is 0 Å². The number of ether oxygens (including phenoxy) is 3. The van der Waals surface area contributed by atoms with Gasteiger partial charge in [0, 0.05) is 12.4 Å². The second kappa shape index (κ2) is 6.28. The van der Waals surface area contributed by atoms with Gasteiger partial charge in [-0.15, -0.1) is 0 Å². The summed E-state index contributed by atoms with van der Waals surface area (Å²) in [5.41, 5.74) is 0.806. The van der Waals surface area contributed by atoms with E-state index in [1.54, 1.807) is 12.1 Å². The second-order valence-electron chi connectivity index (χ2n) is 3.68. The van der Waals surface area contributed by atoms with Crippen molar-refractivity contribution in [3.8, 4) is 11.5 Å². The first kappa shape index (κ1) is 13.5. The Morgan fingerprint density at radius 2 is 1.70 bits per heavy atom. The van der Waals surface area contributed by atoms with Gasteiger partial charge in [-0.05, 0) is 5.56 Å². The molecule has 0 radical (unpaired) electrons. The van der Waals surface area contributed by atoms with E-state index in [-0.39, 0.29) is 18.1 Å². The van der Waals surface area contributed by atoms with E-state index in [9.17, 15) is 9.59 Å². The maximum absolute atomic E-state index is 11.5. The van der Waals surface area contributed by atoms with Crippen LogP contribution in [0.3, 0.4) is 0 Å². The predicted octanol–water partition coefficient (Wildman–Crippen LogP) is 2.79. The molecule has 0 fully saturated rings. The Morgan fingerprint density at radius 3 is 2.35 bits per heavy atom. The molecular weight excluding hydrogens is 266 g/mol. The van der Waals surface area contributed by atoms with Crippen molar-refractivity contribution < 1.29 is 28.9 Å². The molecule has 104 valence electrons. The number of hydrogen-bond donors (Lipinski definition) is 2. The number of carbonyl (C=O) groups is 2. The molecule has 7 nitrogen and oxygen atoms in total. The quantitative estimate of drug-likeness (QED) is 0.834. The molecule has 1 heterocycles. The molecule has 1 aromatic carbocycles. The van der Waals surface area contributed by atoms with Gasteiger partial charge in [-0.25, -0.2) is 9.59 Å². The van der Waals surface area contributed by atoms with Crippen LogP contribution in [0.4, 0.5) is 9.59 Å². The molecule has 1 aromatic heterocycles. The highest BCUT2D eigenvalue weighted by Crippen LogP contribution is 2.26. The van der Waals surface area contributed by atoms with Gasteiger partial charge < -0.3 is 24.3 Å². The molecule has 0 saturated heterocycles. The van der Waals surface area contributed by atoms with Crippen molar-refractivity contribution in [2.75, 3.05) is 0 Å². The highest BCUT2D eigenvalue weighted by atomic mass is 16.7. The number of benzene rings is 1. The minimum absolute atomic E-state index is 0.0548. The number of nitrogens with one attached hydrogen (secondary N) is 1. The summed E-state index contributed by atoms with van der Waals surface area (Å²) >= 11 is 0. The van der Waals surface area contributed by atoms with Crippen LogP contribution < -0.4 is 9.47 Å². The third-order valence-corrected chi connectivity index (χ3v) is 2.26. The summed E-state index contributed by atoms with van der Waals surface area (Å²) in [5, 5.41) is 8.49. The second-order valence-corrected chi connectivity index (χ2v) is 3.68. The number of carbonyl (C=O) groups excluding carboxylic acids is 1. The molecule has 2 aromatic rings. The first-order valence-electron chi connectivity index (χ1n) is 5.61. The zero-order chi connectivity index (χ0) is 14.4. The van der Waals surface area contributed by atoms with Crippen LogP contribution in [0.2, 0.25) is 0 Å². The summed E-state index contributed by atoms with van der Waals surface area (Å²) in [7, 11) is 0. The van der Waals surface area contributed by atoms with Crippen LogP contribution in [0.1, 0.15) is 5.56 Å². The number of aromatic nitrogens is 1. The molecule has 0 spiro atoms. The van der Waals surface area contributed by atoms with Crippen molar-refractivity contribution >= 4 is 12.3 Å². The fourth-order valence-corrected chi connectivity index (χ4v) is 1.42. The van der Waals surface area contributed by atoms with E-state index in [2.05, 4.69) is 9.72 Å². The van der Waals surface area contributed by atoms with E-state index in [1.165, 1.54) is 12.4 Å². The number of rotatable bonds is 4. The Balaban J connectivity index is 1.88. The maximum atomic E-state index is 11.5. The average molecular weight is 277 g/mol. The van der Waals surface area contributed by atoms with Crippen molar-refractivity contribution in [2.45, 2.75) is 6.61 Å². The van der Waals surface area contributed by atoms with Crippen LogP contribution in [0, 0.1) is 0 Å². The molecule has 0 atom stereocenters. The monoisotopic (exact) mass is 277 g/mol. The van der Waals surface area contributed by atoms with Gasteiger partial charge in [-0.2, -0.15) is 0 Å². The average Bonchev–Trinajstić information content (AvgIpc) is 2.84. The normalized spacial score (nSPS) is 9.80. The Labute approximate surface area is 113 Å². The Kier molecular flexibility index (Phi) is 4.23. The third kappa shape index (κ3) is 3.77. The fourth-order valence-electron chi connectivity index (χ4n) is 1.42. The Bertz CT molecular complexity index is 592. The molecule has 0 unspecified atom stereocenters. The maximum Gasteiger partial charge on any atom is 0.514 e. The van der Waals surface area contributed by atoms with E-state index < -0.39 is 12.3 Å². The smallest absolute Gasteiger partial charge is 0.449 e. The topological polar surface area (TPSA) is 97.9 Å². The van der Waals surface area contributed by atoms with Gasteiger partial charge in [0.05, 0.1) is 0 Å². The number of H-pyrrole nitrogens is 1. The van der Waals surface area contributed by atoms with Gasteiger partial charge in [0.25, 0.3) is 0 Å². The van der Waals surface area contributed by atoms with Gasteiger partial charge in [0.1, 0.15) is 6.61 Å². The summed E-state index contributed by atoms with van der Waals surface area (Å²) in [6.07, 6.45) is 0.0616. The zero-order valence-corrected chi connectivity index (χ0v) is 10.2. The lowest BCUT2D eigenvalue weighted by Crippen LogP contribution is -2.11. The lowest BCUT2D eigenvalue weighted by molar-refractivity contribution is 0.0907. The summed E-state index contributed by atoms with van der Waals surface area (Å²) in [6.45, 7) is 0.0548. The Hall–Kier alpha value is -2.96. The van der Waals surface area contributed by atoms with Crippen LogP contribution in [0.5, 0.6) is 11.5 Å². The van der Waals surface area contributed by atoms with Crippen LogP contribution in [0.15, 0.2) is 42.7 Å². The molecular formula is C13H11NO6. The summed E-state index contributed by atoms with van der Waals surface area (Å²) in [4.78, 5) is 24.4. The highest BCUT2D eigenvalue weighted by molar-refractivity contribution is 5.67. The van der Waals surface area contributed by atoms with Gasteiger partial charge in [0.2, 0.25) is 0 Å². The van der Waals surface area contributed by atoms with E-state index >= 15 is 0 Å². The zero-order valence-electron chi connectivity index (χ0n) is 10.2. The predicted molar refractivity (Wildman–Crippen MR) is 66.7 cm³/mol. The van der Waals surface area contributed by atoms with Crippen LogP contribution in [0.25, 0.3) is 0 Å². The lowest BCUT2D eigenvalue weighted by atomic mass is 10.2. The molecule has 7 heteroatoms. The summed E-state index contributed by atoms with van der Waals surface area (Å²) in [6, 6.07) is 9.06. The number of aromatic amines is 1. The first-order chi connectivity index (χ1) is 9.65. The van der Waals surface area contributed by atoms with Gasteiger partial charge in [-0.3, -0.25) is 0 Å². The van der Waals surface area contributed by atoms with E-state index in [4.69, 9.17) is 14.6 Å². The molecule has 2 N–H and O–H groups in total. The molecule has 0 aliphatic rings. The van der Waals surface area contributed by atoms with Crippen molar-refractivity contribution in [1.82, 2.24) is 4.98 Å². The number of hydrogen-bond acceptors (Lipinski definition) is 5. The van der Waals surface area contributed by atoms with Gasteiger partial charge in [-0.1, -0.05) is 30.3 Å². The highest BCUT2D eigenvalue weighted by Gasteiger charge is 2.15. The van der Waals surface area contributed by atoms with Gasteiger partial charge in [0.15, 0.2) is 11.5 Å². The lowest BCUT2D eigenvalue weighted by Gasteiger charge is -2.06. The Morgan fingerprint density at radius 1 is 1.05 bits per heavy atom. The standard InChI is InChI=1S/C13H11NO6/c15-12(16)19-10-6-14-7-11(10)20-13(17)18-8-9-4-2-1-3-5-9/h1-7,14H,8H2,(H,15,16). The summed E-state index contributed by atoms with van der Waals surface area (Å²) < 4.78 is 14.1. The van der Waals surface area contributed by atoms with Crippen LogP contribution >= 0.6 is 0 Å². The summed E-state index contributed by atoms with van der Waals surface area (Å²) in [5.74, 6) is -0.181. The van der Waals surface area contributed by atoms with Gasteiger partial charge >= 0.3 is 12.3 Å². The van der Waals surface area contributed by atoms with E-state index in [1.807, 2.05) is 18.2 Å². The van der Waals surface area contributed by atoms with Crippen molar-refractivity contribution in [3.05, 3.63) is 48.3 Å². The first-order valence-corrected chi connectivity index (χ1v) is 5.61. The van der Waals surface area contributed by atoms with Crippen molar-refractivity contribution in [3.63, 3.8) is 0 Å². The molecule has 2 rings (SSSR count).